The number of allylic oxidation sites excluding steroid dienone is 4. The number of carbonyl (C=O) groups is 2. The molecular formula is C28H26O4. The van der Waals surface area contributed by atoms with Crippen molar-refractivity contribution < 1.29 is 19.1 Å². The van der Waals surface area contributed by atoms with Gasteiger partial charge in [-0.05, 0) is 54.8 Å². The summed E-state index contributed by atoms with van der Waals surface area (Å²) in [5.74, 6) is 1.17. The van der Waals surface area contributed by atoms with Crippen molar-refractivity contribution in [3.8, 4) is 5.75 Å². The summed E-state index contributed by atoms with van der Waals surface area (Å²) in [4.78, 5) is 25.6. The number of hydrogen-bond acceptors (Lipinski definition) is 4. The summed E-state index contributed by atoms with van der Waals surface area (Å²) in [6.45, 7) is 4.86. The average Bonchev–Trinajstić information content (AvgIpc) is 2.78. The Morgan fingerprint density at radius 1 is 0.875 bits per heavy atom. The van der Waals surface area contributed by atoms with Gasteiger partial charge in [-0.15, -0.1) is 0 Å². The maximum atomic E-state index is 12.9. The molecule has 162 valence electrons. The van der Waals surface area contributed by atoms with Crippen LogP contribution in [-0.4, -0.2) is 18.7 Å². The number of carbonyl (C=O) groups excluding carboxylic acids is 2. The second kappa shape index (κ2) is 8.83. The van der Waals surface area contributed by atoms with E-state index in [2.05, 4.69) is 24.3 Å². The Morgan fingerprint density at radius 2 is 1.53 bits per heavy atom. The Hall–Kier alpha value is -3.66. The molecular weight excluding hydrogens is 400 g/mol. The zero-order valence-electron chi connectivity index (χ0n) is 18.8. The predicted molar refractivity (Wildman–Crippen MR) is 126 cm³/mol. The highest BCUT2D eigenvalue weighted by atomic mass is 16.5. The topological polar surface area (TPSA) is 52.6 Å². The largest absolute Gasteiger partial charge is 0.497 e. The summed E-state index contributed by atoms with van der Waals surface area (Å²) in [6, 6.07) is 21.8. The molecule has 0 saturated heterocycles. The summed E-state index contributed by atoms with van der Waals surface area (Å²) >= 11 is 0. The van der Waals surface area contributed by atoms with Crippen LogP contribution in [0.1, 0.15) is 37.8 Å². The molecule has 0 aromatic heterocycles. The molecule has 1 heterocycles. The number of ether oxygens (including phenoxy) is 2. The van der Waals surface area contributed by atoms with Crippen LogP contribution in [0.25, 0.3) is 10.8 Å². The molecule has 0 bridgehead atoms. The average molecular weight is 427 g/mol. The van der Waals surface area contributed by atoms with Crippen molar-refractivity contribution >= 4 is 22.3 Å². The number of benzene rings is 3. The first-order valence-electron chi connectivity index (χ1n) is 10.6. The number of hydrogen-bond donors (Lipinski definition) is 0. The van der Waals surface area contributed by atoms with Crippen LogP contribution in [-0.2, 0) is 20.7 Å². The van der Waals surface area contributed by atoms with E-state index in [0.29, 0.717) is 29.1 Å². The molecule has 4 heteroatoms. The molecule has 32 heavy (non-hydrogen) atoms. The minimum absolute atomic E-state index is 0.104. The molecule has 0 fully saturated rings. The zero-order valence-corrected chi connectivity index (χ0v) is 18.8. The standard InChI is InChI=1S/C28H26O4/c1-17(29)26-19(3)32-25(16-22-10-7-9-20-8-5-6-11-24(20)22)27(18(2)30)28(26)21-12-14-23(31-4)15-13-21/h5-15,28H,16H2,1-4H3. The Labute approximate surface area is 188 Å². The molecule has 1 atom stereocenters. The first-order valence-corrected chi connectivity index (χ1v) is 10.6. The van der Waals surface area contributed by atoms with Crippen molar-refractivity contribution in [1.29, 1.82) is 0 Å². The predicted octanol–water partition coefficient (Wildman–Crippen LogP) is 5.91. The third-order valence-electron chi connectivity index (χ3n) is 5.97. The molecule has 0 saturated carbocycles. The van der Waals surface area contributed by atoms with Gasteiger partial charge in [0.25, 0.3) is 0 Å². The quantitative estimate of drug-likeness (QED) is 0.492. The highest BCUT2D eigenvalue weighted by Gasteiger charge is 2.36. The van der Waals surface area contributed by atoms with Crippen LogP contribution in [0.4, 0.5) is 0 Å². The summed E-state index contributed by atoms with van der Waals surface area (Å²) in [6.07, 6.45) is 0.464. The van der Waals surface area contributed by atoms with Crippen molar-refractivity contribution in [2.45, 2.75) is 33.1 Å². The Balaban J connectivity index is 1.88. The van der Waals surface area contributed by atoms with Crippen LogP contribution in [0.5, 0.6) is 5.75 Å². The highest BCUT2D eigenvalue weighted by Crippen LogP contribution is 2.42. The van der Waals surface area contributed by atoms with Gasteiger partial charge in [0.1, 0.15) is 17.3 Å². The molecule has 0 radical (unpaired) electrons. The van der Waals surface area contributed by atoms with Crippen molar-refractivity contribution in [2.24, 2.45) is 0 Å². The molecule has 3 aromatic rings. The van der Waals surface area contributed by atoms with Crippen molar-refractivity contribution in [1.82, 2.24) is 0 Å². The number of ketones is 2. The molecule has 0 spiro atoms. The van der Waals surface area contributed by atoms with Gasteiger partial charge >= 0.3 is 0 Å². The van der Waals surface area contributed by atoms with Crippen molar-refractivity contribution in [3.05, 3.63) is 101 Å². The van der Waals surface area contributed by atoms with E-state index in [1.54, 1.807) is 14.0 Å². The highest BCUT2D eigenvalue weighted by molar-refractivity contribution is 6.03. The van der Waals surface area contributed by atoms with Gasteiger partial charge in [0.2, 0.25) is 0 Å². The van der Waals surface area contributed by atoms with Crippen LogP contribution < -0.4 is 4.74 Å². The van der Waals surface area contributed by atoms with E-state index in [9.17, 15) is 9.59 Å². The summed E-state index contributed by atoms with van der Waals surface area (Å²) in [7, 11) is 1.61. The Kier molecular flexibility index (Phi) is 5.95. The molecule has 1 unspecified atom stereocenters. The van der Waals surface area contributed by atoms with Gasteiger partial charge in [-0.2, -0.15) is 0 Å². The van der Waals surface area contributed by atoms with Gasteiger partial charge in [-0.25, -0.2) is 0 Å². The molecule has 1 aliphatic heterocycles. The second-order valence-corrected chi connectivity index (χ2v) is 8.04. The van der Waals surface area contributed by atoms with Gasteiger partial charge in [0.15, 0.2) is 11.6 Å². The molecule has 0 aliphatic carbocycles. The van der Waals surface area contributed by atoms with E-state index in [0.717, 1.165) is 27.6 Å². The molecule has 4 nitrogen and oxygen atoms in total. The fourth-order valence-corrected chi connectivity index (χ4v) is 4.53. The van der Waals surface area contributed by atoms with Crippen LogP contribution in [0, 0.1) is 0 Å². The second-order valence-electron chi connectivity index (χ2n) is 8.04. The van der Waals surface area contributed by atoms with Gasteiger partial charge < -0.3 is 9.47 Å². The van der Waals surface area contributed by atoms with Crippen LogP contribution >= 0.6 is 0 Å². The van der Waals surface area contributed by atoms with E-state index >= 15 is 0 Å². The Morgan fingerprint density at radius 3 is 2.19 bits per heavy atom. The van der Waals surface area contributed by atoms with Gasteiger partial charge in [0, 0.05) is 23.5 Å². The molecule has 1 aliphatic rings. The van der Waals surface area contributed by atoms with Crippen molar-refractivity contribution in [3.63, 3.8) is 0 Å². The van der Waals surface area contributed by atoms with E-state index in [1.165, 1.54) is 13.8 Å². The fourth-order valence-electron chi connectivity index (χ4n) is 4.53. The number of methoxy groups -OCH3 is 1. The van der Waals surface area contributed by atoms with E-state index in [-0.39, 0.29) is 11.6 Å². The smallest absolute Gasteiger partial charge is 0.160 e. The first kappa shape index (κ1) is 21.6. The van der Waals surface area contributed by atoms with Crippen LogP contribution in [0.3, 0.4) is 0 Å². The molecule has 0 N–H and O–H groups in total. The lowest BCUT2D eigenvalue weighted by atomic mass is 9.78. The fraction of sp³-hybridized carbons (Fsp3) is 0.214. The molecule has 4 rings (SSSR count). The SMILES string of the molecule is COc1ccc(C2C(C(C)=O)=C(C)OC(Cc3cccc4ccccc34)=C2C(C)=O)cc1. The van der Waals surface area contributed by atoms with E-state index in [1.807, 2.05) is 42.5 Å². The lowest BCUT2D eigenvalue weighted by Gasteiger charge is -2.31. The lowest BCUT2D eigenvalue weighted by molar-refractivity contribution is -0.114. The van der Waals surface area contributed by atoms with Crippen molar-refractivity contribution in [2.75, 3.05) is 7.11 Å². The summed E-state index contributed by atoms with van der Waals surface area (Å²) in [5.41, 5.74) is 2.98. The first-order chi connectivity index (χ1) is 15.4. The molecule has 0 amide bonds. The monoisotopic (exact) mass is 426 g/mol. The third-order valence-corrected chi connectivity index (χ3v) is 5.97. The van der Waals surface area contributed by atoms with E-state index in [4.69, 9.17) is 9.47 Å². The van der Waals surface area contributed by atoms with Gasteiger partial charge in [-0.3, -0.25) is 9.59 Å². The maximum absolute atomic E-state index is 12.9. The normalized spacial score (nSPS) is 16.2. The summed E-state index contributed by atoms with van der Waals surface area (Å²) in [5, 5.41) is 2.25. The number of Topliss-reactive ketones (excluding diaryl/α,β-unsaturated/α-hetero) is 2. The third kappa shape index (κ3) is 3.96. The Bertz CT molecular complexity index is 1260. The minimum atomic E-state index is -0.477. The molecule has 3 aromatic carbocycles. The minimum Gasteiger partial charge on any atom is -0.497 e. The lowest BCUT2D eigenvalue weighted by Crippen LogP contribution is -2.25. The zero-order chi connectivity index (χ0) is 22.8. The van der Waals surface area contributed by atoms with Gasteiger partial charge in [0.05, 0.1) is 7.11 Å². The van der Waals surface area contributed by atoms with E-state index < -0.39 is 5.92 Å². The summed E-state index contributed by atoms with van der Waals surface area (Å²) < 4.78 is 11.5. The maximum Gasteiger partial charge on any atom is 0.160 e. The number of fused-ring (bicyclic) bond motifs is 1. The van der Waals surface area contributed by atoms with Crippen LogP contribution in [0.2, 0.25) is 0 Å². The van der Waals surface area contributed by atoms with Gasteiger partial charge in [-0.1, -0.05) is 54.6 Å². The number of rotatable bonds is 6. The van der Waals surface area contributed by atoms with Crippen LogP contribution in [0.15, 0.2) is 89.4 Å².